The topological polar surface area (TPSA) is 62.7 Å². The summed E-state index contributed by atoms with van der Waals surface area (Å²) in [6, 6.07) is 0. The van der Waals surface area contributed by atoms with Crippen LogP contribution >= 0.6 is 0 Å². The Morgan fingerprint density at radius 3 is 2.11 bits per heavy atom. The Morgan fingerprint density at radius 1 is 1.21 bits per heavy atom. The van der Waals surface area contributed by atoms with Crippen molar-refractivity contribution >= 4 is 11.8 Å². The Labute approximate surface area is 116 Å². The Morgan fingerprint density at radius 2 is 1.68 bits per heavy atom. The fourth-order valence-electron chi connectivity index (χ4n) is 2.59. The van der Waals surface area contributed by atoms with Crippen molar-refractivity contribution in [1.82, 2.24) is 10.6 Å². The largest absolute Gasteiger partial charge is 0.433 e. The van der Waals surface area contributed by atoms with Gasteiger partial charge in [-0.05, 0) is 48.5 Å². The molecule has 1 saturated heterocycles. The highest BCUT2D eigenvalue weighted by Gasteiger charge is 2.36. The molecule has 5 heteroatoms. The summed E-state index contributed by atoms with van der Waals surface area (Å²) >= 11 is 0. The van der Waals surface area contributed by atoms with E-state index in [1.165, 1.54) is 0 Å². The third kappa shape index (κ3) is 6.05. The van der Waals surface area contributed by atoms with Crippen LogP contribution in [0.4, 0.5) is 4.79 Å². The fourth-order valence-corrected chi connectivity index (χ4v) is 2.59. The van der Waals surface area contributed by atoms with Crippen LogP contribution in [-0.4, -0.2) is 28.4 Å². The van der Waals surface area contributed by atoms with Gasteiger partial charge in [0.05, 0.1) is 5.71 Å². The van der Waals surface area contributed by atoms with Crippen LogP contribution in [0.5, 0.6) is 0 Å². The smallest absolute Gasteiger partial charge is 0.315 e. The van der Waals surface area contributed by atoms with E-state index in [1.807, 2.05) is 20.8 Å². The monoisotopic (exact) mass is 269 g/mol. The summed E-state index contributed by atoms with van der Waals surface area (Å²) in [6.07, 6.45) is 1.05. The maximum Gasteiger partial charge on any atom is 0.433 e. The predicted octanol–water partition coefficient (Wildman–Crippen LogP) is 2.81. The van der Waals surface area contributed by atoms with E-state index in [0.717, 1.165) is 18.6 Å². The minimum absolute atomic E-state index is 0.0373. The Hall–Kier alpha value is -1.10. The molecule has 1 amide bonds. The number of oxime groups is 1. The molecule has 0 aliphatic carbocycles. The second kappa shape index (κ2) is 5.12. The van der Waals surface area contributed by atoms with E-state index in [1.54, 1.807) is 0 Å². The number of piperidine rings is 1. The van der Waals surface area contributed by atoms with Gasteiger partial charge in [0, 0.05) is 29.5 Å². The summed E-state index contributed by atoms with van der Waals surface area (Å²) in [5, 5.41) is 10.3. The maximum atomic E-state index is 11.6. The molecule has 0 bridgehead atoms. The molecule has 0 atom stereocenters. The molecule has 0 aromatic rings. The average Bonchev–Trinajstić information content (AvgIpc) is 2.06. The van der Waals surface area contributed by atoms with Gasteiger partial charge in [0.15, 0.2) is 0 Å². The molecule has 1 heterocycles. The van der Waals surface area contributed by atoms with Crippen molar-refractivity contribution in [3.63, 3.8) is 0 Å². The van der Waals surface area contributed by atoms with E-state index < -0.39 is 6.09 Å². The quantitative estimate of drug-likeness (QED) is 0.568. The van der Waals surface area contributed by atoms with Crippen LogP contribution in [0.2, 0.25) is 0 Å². The summed E-state index contributed by atoms with van der Waals surface area (Å²) in [7, 11) is 0. The summed E-state index contributed by atoms with van der Waals surface area (Å²) in [6.45, 7) is 14.2. The van der Waals surface area contributed by atoms with E-state index >= 15 is 0 Å². The van der Waals surface area contributed by atoms with E-state index in [0.29, 0.717) is 0 Å². The molecule has 5 nitrogen and oxygen atoms in total. The van der Waals surface area contributed by atoms with Gasteiger partial charge in [-0.15, -0.1) is 0 Å². The van der Waals surface area contributed by atoms with E-state index in [4.69, 9.17) is 4.84 Å². The number of amides is 1. The van der Waals surface area contributed by atoms with Crippen LogP contribution in [0.3, 0.4) is 0 Å². The minimum Gasteiger partial charge on any atom is -0.315 e. The number of carbonyl (C=O) groups is 1. The standard InChI is InChI=1S/C14H27N3O2/c1-12(2,3)15-11(18)19-16-10-8-13(4,5)17-14(6,7)9-10/h17H,8-9H2,1-7H3,(H,15,18). The van der Waals surface area contributed by atoms with Crippen molar-refractivity contribution < 1.29 is 9.63 Å². The number of carbonyl (C=O) groups excluding carboxylic acids is 1. The Kier molecular flexibility index (Phi) is 4.30. The van der Waals surface area contributed by atoms with Gasteiger partial charge in [0.25, 0.3) is 0 Å². The molecule has 2 N–H and O–H groups in total. The maximum absolute atomic E-state index is 11.6. The summed E-state index contributed by atoms with van der Waals surface area (Å²) < 4.78 is 0. The molecule has 1 aliphatic rings. The van der Waals surface area contributed by atoms with Crippen molar-refractivity contribution in [2.75, 3.05) is 0 Å². The molecular formula is C14H27N3O2. The number of nitrogens with one attached hydrogen (secondary N) is 2. The van der Waals surface area contributed by atoms with E-state index in [9.17, 15) is 4.79 Å². The molecule has 1 rings (SSSR count). The number of rotatable bonds is 1. The molecular weight excluding hydrogens is 242 g/mol. The molecule has 19 heavy (non-hydrogen) atoms. The van der Waals surface area contributed by atoms with Gasteiger partial charge >= 0.3 is 6.09 Å². The SMILES string of the molecule is CC(C)(C)NC(=O)ON=C1CC(C)(C)NC(C)(C)C1. The van der Waals surface area contributed by atoms with Crippen molar-refractivity contribution in [3.05, 3.63) is 0 Å². The molecule has 110 valence electrons. The van der Waals surface area contributed by atoms with Gasteiger partial charge in [-0.25, -0.2) is 4.79 Å². The predicted molar refractivity (Wildman–Crippen MR) is 77.3 cm³/mol. The van der Waals surface area contributed by atoms with E-state index in [-0.39, 0.29) is 16.6 Å². The van der Waals surface area contributed by atoms with Crippen molar-refractivity contribution in [3.8, 4) is 0 Å². The third-order valence-electron chi connectivity index (χ3n) is 2.70. The first kappa shape index (κ1) is 16.0. The summed E-state index contributed by atoms with van der Waals surface area (Å²) in [4.78, 5) is 16.5. The lowest BCUT2D eigenvalue weighted by atomic mass is 9.81. The third-order valence-corrected chi connectivity index (χ3v) is 2.70. The molecule has 0 saturated carbocycles. The first-order valence-corrected chi connectivity index (χ1v) is 6.73. The van der Waals surface area contributed by atoms with Gasteiger partial charge in [-0.2, -0.15) is 0 Å². The zero-order chi connectivity index (χ0) is 14.9. The van der Waals surface area contributed by atoms with Gasteiger partial charge in [0.2, 0.25) is 0 Å². The second-order valence-corrected chi connectivity index (χ2v) is 7.66. The molecule has 0 unspecified atom stereocenters. The molecule has 0 spiro atoms. The second-order valence-electron chi connectivity index (χ2n) is 7.66. The molecule has 0 aromatic carbocycles. The number of hydrogen-bond donors (Lipinski definition) is 2. The molecule has 1 aliphatic heterocycles. The fraction of sp³-hybridized carbons (Fsp3) is 0.857. The molecule has 0 aromatic heterocycles. The highest BCUT2D eigenvalue weighted by Crippen LogP contribution is 2.26. The lowest BCUT2D eigenvalue weighted by Crippen LogP contribution is -2.58. The summed E-state index contributed by atoms with van der Waals surface area (Å²) in [5.41, 5.74) is 0.525. The van der Waals surface area contributed by atoms with Gasteiger partial charge in [-0.3, -0.25) is 4.84 Å². The van der Waals surface area contributed by atoms with Gasteiger partial charge in [0.1, 0.15) is 0 Å². The normalized spacial score (nSPS) is 21.7. The van der Waals surface area contributed by atoms with Crippen LogP contribution in [0.1, 0.15) is 61.3 Å². The van der Waals surface area contributed by atoms with Crippen molar-refractivity contribution in [2.24, 2.45) is 5.16 Å². The Balaban J connectivity index is 2.64. The average molecular weight is 269 g/mol. The van der Waals surface area contributed by atoms with Crippen molar-refractivity contribution in [2.45, 2.75) is 77.9 Å². The van der Waals surface area contributed by atoms with Gasteiger partial charge in [-0.1, -0.05) is 5.16 Å². The minimum atomic E-state index is -0.505. The molecule has 0 radical (unpaired) electrons. The zero-order valence-corrected chi connectivity index (χ0v) is 13.2. The highest BCUT2D eigenvalue weighted by atomic mass is 16.7. The number of hydrogen-bond acceptors (Lipinski definition) is 4. The van der Waals surface area contributed by atoms with Crippen LogP contribution in [0.15, 0.2) is 5.16 Å². The van der Waals surface area contributed by atoms with Crippen LogP contribution in [0.25, 0.3) is 0 Å². The van der Waals surface area contributed by atoms with Crippen LogP contribution in [-0.2, 0) is 4.84 Å². The lowest BCUT2D eigenvalue weighted by molar-refractivity contribution is 0.139. The first-order valence-electron chi connectivity index (χ1n) is 6.73. The molecule has 1 fully saturated rings. The van der Waals surface area contributed by atoms with Crippen LogP contribution < -0.4 is 10.6 Å². The lowest BCUT2D eigenvalue weighted by Gasteiger charge is -2.42. The first-order chi connectivity index (χ1) is 8.39. The number of nitrogens with zero attached hydrogens (tertiary/aromatic N) is 1. The van der Waals surface area contributed by atoms with Crippen molar-refractivity contribution in [1.29, 1.82) is 0 Å². The summed E-state index contributed by atoms with van der Waals surface area (Å²) in [5.74, 6) is 0. The zero-order valence-electron chi connectivity index (χ0n) is 13.2. The Bertz CT molecular complexity index is 361. The highest BCUT2D eigenvalue weighted by molar-refractivity contribution is 5.87. The van der Waals surface area contributed by atoms with Gasteiger partial charge < -0.3 is 10.6 Å². The van der Waals surface area contributed by atoms with E-state index in [2.05, 4.69) is 43.5 Å². The van der Waals surface area contributed by atoms with Crippen LogP contribution in [0, 0.1) is 0 Å².